The van der Waals surface area contributed by atoms with E-state index in [-0.39, 0.29) is 12.1 Å². The summed E-state index contributed by atoms with van der Waals surface area (Å²) in [5.74, 6) is 0.610. The van der Waals surface area contributed by atoms with E-state index < -0.39 is 0 Å². The zero-order valence-electron chi connectivity index (χ0n) is 11.0. The molecule has 17 heavy (non-hydrogen) atoms. The number of rotatable bonds is 5. The van der Waals surface area contributed by atoms with Gasteiger partial charge in [-0.05, 0) is 31.9 Å². The van der Waals surface area contributed by atoms with E-state index in [1.54, 1.807) is 0 Å². The fraction of sp³-hybridized carbons (Fsp3) is 0.769. The molecule has 4 heteroatoms. The smallest absolute Gasteiger partial charge is 0.0811 e. The van der Waals surface area contributed by atoms with Gasteiger partial charge in [0, 0.05) is 19.3 Å². The normalized spacial score (nSPS) is 26.3. The summed E-state index contributed by atoms with van der Waals surface area (Å²) in [4.78, 5) is 0. The molecule has 0 aliphatic carbocycles. The quantitative estimate of drug-likeness (QED) is 0.851. The molecule has 0 spiro atoms. The van der Waals surface area contributed by atoms with E-state index in [9.17, 15) is 0 Å². The van der Waals surface area contributed by atoms with Gasteiger partial charge >= 0.3 is 0 Å². The van der Waals surface area contributed by atoms with Crippen molar-refractivity contribution >= 4 is 0 Å². The van der Waals surface area contributed by atoms with Crippen molar-refractivity contribution in [2.45, 2.75) is 45.9 Å². The Balaban J connectivity index is 2.22. The van der Waals surface area contributed by atoms with E-state index in [0.29, 0.717) is 5.92 Å². The zero-order valence-corrected chi connectivity index (χ0v) is 11.0. The second-order valence-corrected chi connectivity index (χ2v) is 4.71. The lowest BCUT2D eigenvalue weighted by atomic mass is 9.95. The van der Waals surface area contributed by atoms with Crippen molar-refractivity contribution in [3.05, 3.63) is 18.0 Å². The molecule has 0 aromatic carbocycles. The number of ether oxygens (including phenoxy) is 1. The summed E-state index contributed by atoms with van der Waals surface area (Å²) < 4.78 is 7.96. The average molecular weight is 237 g/mol. The average Bonchev–Trinajstić information content (AvgIpc) is 2.94. The Morgan fingerprint density at radius 3 is 3.00 bits per heavy atom. The van der Waals surface area contributed by atoms with Crippen molar-refractivity contribution in [2.24, 2.45) is 5.92 Å². The zero-order chi connectivity index (χ0) is 12.3. The maximum Gasteiger partial charge on any atom is 0.0811 e. The summed E-state index contributed by atoms with van der Waals surface area (Å²) in [7, 11) is 0. The molecule has 2 heterocycles. The van der Waals surface area contributed by atoms with Crippen LogP contribution in [0.2, 0.25) is 0 Å². The minimum atomic E-state index is 0.264. The lowest BCUT2D eigenvalue weighted by Gasteiger charge is -2.27. The highest BCUT2D eigenvalue weighted by Crippen LogP contribution is 2.31. The van der Waals surface area contributed by atoms with Crippen molar-refractivity contribution in [3.8, 4) is 0 Å². The Bertz CT molecular complexity index is 350. The molecule has 0 bridgehead atoms. The van der Waals surface area contributed by atoms with Crippen LogP contribution in [0, 0.1) is 5.92 Å². The van der Waals surface area contributed by atoms with Crippen molar-refractivity contribution in [3.63, 3.8) is 0 Å². The Labute approximate surface area is 103 Å². The molecule has 4 nitrogen and oxygen atoms in total. The number of hydrogen-bond donors (Lipinski definition) is 1. The van der Waals surface area contributed by atoms with Crippen molar-refractivity contribution in [1.82, 2.24) is 15.1 Å². The van der Waals surface area contributed by atoms with Crippen LogP contribution in [0.5, 0.6) is 0 Å². The van der Waals surface area contributed by atoms with Crippen LogP contribution in [0.3, 0.4) is 0 Å². The van der Waals surface area contributed by atoms with Gasteiger partial charge in [0.15, 0.2) is 0 Å². The number of aromatic nitrogens is 2. The third-order valence-electron chi connectivity index (χ3n) is 3.56. The summed E-state index contributed by atoms with van der Waals surface area (Å²) >= 11 is 0. The first-order valence-corrected chi connectivity index (χ1v) is 6.64. The molecule has 3 atom stereocenters. The second-order valence-electron chi connectivity index (χ2n) is 4.71. The molecular formula is C13H23N3O. The molecule has 3 unspecified atom stereocenters. The molecule has 1 N–H and O–H groups in total. The van der Waals surface area contributed by atoms with Gasteiger partial charge < -0.3 is 10.1 Å². The Morgan fingerprint density at radius 1 is 1.59 bits per heavy atom. The molecule has 1 saturated heterocycles. The van der Waals surface area contributed by atoms with Gasteiger partial charge in [0.25, 0.3) is 0 Å². The first kappa shape index (κ1) is 12.6. The molecule has 96 valence electrons. The molecule has 0 saturated carbocycles. The minimum Gasteiger partial charge on any atom is -0.376 e. The van der Waals surface area contributed by atoms with E-state index in [0.717, 1.165) is 26.1 Å². The van der Waals surface area contributed by atoms with Gasteiger partial charge in [-0.3, -0.25) is 4.68 Å². The van der Waals surface area contributed by atoms with Crippen molar-refractivity contribution in [2.75, 3.05) is 13.2 Å². The molecule has 1 aromatic heterocycles. The molecular weight excluding hydrogens is 214 g/mol. The SMILES string of the molecule is CCNC(c1ccnn1CC)C1OCCC1C. The van der Waals surface area contributed by atoms with Gasteiger partial charge in [-0.25, -0.2) is 0 Å². The largest absolute Gasteiger partial charge is 0.376 e. The van der Waals surface area contributed by atoms with Gasteiger partial charge in [0.1, 0.15) is 0 Å². The highest BCUT2D eigenvalue weighted by molar-refractivity contribution is 5.10. The molecule has 1 aliphatic heterocycles. The summed E-state index contributed by atoms with van der Waals surface area (Å²) in [5, 5.41) is 7.90. The number of likely N-dealkylation sites (N-methyl/N-ethyl adjacent to an activating group) is 1. The molecule has 0 amide bonds. The summed E-state index contributed by atoms with van der Waals surface area (Å²) in [6.07, 6.45) is 3.31. The van der Waals surface area contributed by atoms with Crippen LogP contribution >= 0.6 is 0 Å². The lowest BCUT2D eigenvalue weighted by Crippen LogP contribution is -2.36. The van der Waals surface area contributed by atoms with Crippen molar-refractivity contribution in [1.29, 1.82) is 0 Å². The number of nitrogens with one attached hydrogen (secondary N) is 1. The fourth-order valence-corrected chi connectivity index (χ4v) is 2.62. The number of nitrogens with zero attached hydrogens (tertiary/aromatic N) is 2. The van der Waals surface area contributed by atoms with Gasteiger partial charge in [0.2, 0.25) is 0 Å². The summed E-state index contributed by atoms with van der Waals surface area (Å²) in [6.45, 7) is 9.28. The predicted octanol–water partition coefficient (Wildman–Crippen LogP) is 1.98. The maximum atomic E-state index is 5.90. The van der Waals surface area contributed by atoms with Crippen LogP contribution in [-0.4, -0.2) is 29.0 Å². The molecule has 1 aliphatic rings. The summed E-state index contributed by atoms with van der Waals surface area (Å²) in [6, 6.07) is 2.37. The maximum absolute atomic E-state index is 5.90. The standard InChI is InChI=1S/C13H23N3O/c1-4-14-12(13-10(3)7-9-17-13)11-6-8-15-16(11)5-2/h6,8,10,12-14H,4-5,7,9H2,1-3H3. The van der Waals surface area contributed by atoms with Crippen LogP contribution in [0.15, 0.2) is 12.3 Å². The second kappa shape index (κ2) is 5.65. The van der Waals surface area contributed by atoms with Crippen LogP contribution < -0.4 is 5.32 Å². The predicted molar refractivity (Wildman–Crippen MR) is 67.8 cm³/mol. The van der Waals surface area contributed by atoms with Crippen LogP contribution in [-0.2, 0) is 11.3 Å². The Morgan fingerprint density at radius 2 is 2.41 bits per heavy atom. The van der Waals surface area contributed by atoms with E-state index >= 15 is 0 Å². The first-order chi connectivity index (χ1) is 8.27. The topological polar surface area (TPSA) is 39.1 Å². The Kier molecular flexibility index (Phi) is 4.18. The Hall–Kier alpha value is -0.870. The monoisotopic (exact) mass is 237 g/mol. The van der Waals surface area contributed by atoms with Gasteiger partial charge in [0.05, 0.1) is 17.8 Å². The molecule has 1 aromatic rings. The molecule has 0 radical (unpaired) electrons. The van der Waals surface area contributed by atoms with E-state index in [2.05, 4.69) is 41.9 Å². The fourth-order valence-electron chi connectivity index (χ4n) is 2.62. The van der Waals surface area contributed by atoms with E-state index in [1.807, 2.05) is 6.20 Å². The van der Waals surface area contributed by atoms with Crippen molar-refractivity contribution < 1.29 is 4.74 Å². The van der Waals surface area contributed by atoms with E-state index in [4.69, 9.17) is 4.74 Å². The lowest BCUT2D eigenvalue weighted by molar-refractivity contribution is 0.0585. The summed E-state index contributed by atoms with van der Waals surface area (Å²) in [5.41, 5.74) is 1.24. The first-order valence-electron chi connectivity index (χ1n) is 6.64. The van der Waals surface area contributed by atoms with Crippen LogP contribution in [0.4, 0.5) is 0 Å². The van der Waals surface area contributed by atoms with E-state index in [1.165, 1.54) is 5.69 Å². The third-order valence-corrected chi connectivity index (χ3v) is 3.56. The number of aryl methyl sites for hydroxylation is 1. The molecule has 1 fully saturated rings. The highest BCUT2D eigenvalue weighted by atomic mass is 16.5. The van der Waals surface area contributed by atoms with Gasteiger partial charge in [-0.1, -0.05) is 13.8 Å². The number of hydrogen-bond acceptors (Lipinski definition) is 3. The van der Waals surface area contributed by atoms with Gasteiger partial charge in [-0.2, -0.15) is 5.10 Å². The highest BCUT2D eigenvalue weighted by Gasteiger charge is 2.34. The minimum absolute atomic E-state index is 0.264. The van der Waals surface area contributed by atoms with Crippen LogP contribution in [0.1, 0.15) is 38.9 Å². The molecule has 2 rings (SSSR count). The van der Waals surface area contributed by atoms with Crippen LogP contribution in [0.25, 0.3) is 0 Å². The third kappa shape index (κ3) is 2.53. The van der Waals surface area contributed by atoms with Gasteiger partial charge in [-0.15, -0.1) is 0 Å².